The third-order valence-electron chi connectivity index (χ3n) is 5.14. The minimum Gasteiger partial charge on any atom is -0.395 e. The molecule has 0 saturated carbocycles. The van der Waals surface area contributed by atoms with Gasteiger partial charge in [-0.05, 0) is 39.7 Å². The first-order chi connectivity index (χ1) is 15.4. The Hall–Kier alpha value is -3.00. The van der Waals surface area contributed by atoms with Crippen LogP contribution in [0.15, 0.2) is 15.3 Å². The van der Waals surface area contributed by atoms with Gasteiger partial charge in [-0.3, -0.25) is 20.4 Å². The zero-order chi connectivity index (χ0) is 27.0. The molecule has 0 aliphatic rings. The second-order valence-corrected chi connectivity index (χ2v) is 9.59. The van der Waals surface area contributed by atoms with Gasteiger partial charge in [0.15, 0.2) is 11.1 Å². The van der Waals surface area contributed by atoms with Crippen molar-refractivity contribution in [1.29, 1.82) is 10.8 Å². The highest BCUT2D eigenvalue weighted by atomic mass is 16.3. The van der Waals surface area contributed by atoms with Gasteiger partial charge in [0.2, 0.25) is 6.54 Å². The lowest BCUT2D eigenvalue weighted by molar-refractivity contribution is -0.653. The summed E-state index contributed by atoms with van der Waals surface area (Å²) in [5.41, 5.74) is 6.02. The van der Waals surface area contributed by atoms with Crippen LogP contribution in [0.3, 0.4) is 0 Å². The summed E-state index contributed by atoms with van der Waals surface area (Å²) in [4.78, 5) is 25.6. The number of amidine groups is 2. The third-order valence-corrected chi connectivity index (χ3v) is 5.14. The fourth-order valence-corrected chi connectivity index (χ4v) is 2.35. The number of amides is 2. The number of nitrogens with one attached hydrogen (secondary N) is 4. The van der Waals surface area contributed by atoms with Crippen molar-refractivity contribution in [1.82, 2.24) is 10.6 Å². The van der Waals surface area contributed by atoms with Gasteiger partial charge in [-0.2, -0.15) is 10.2 Å². The molecule has 0 rings (SSSR count). The first-order valence-electron chi connectivity index (χ1n) is 10.8. The Kier molecular flexibility index (Phi) is 10.9. The number of nitrogens with two attached hydrogens (primary N) is 2. The molecule has 0 aromatic heterocycles. The van der Waals surface area contributed by atoms with Crippen LogP contribution in [-0.4, -0.2) is 93.4 Å². The molecule has 10 N–H and O–H groups in total. The van der Waals surface area contributed by atoms with Crippen molar-refractivity contribution in [3.05, 3.63) is 0 Å². The van der Waals surface area contributed by atoms with Crippen LogP contribution in [-0.2, 0) is 9.59 Å². The van der Waals surface area contributed by atoms with Gasteiger partial charge in [-0.15, -0.1) is 4.70 Å². The summed E-state index contributed by atoms with van der Waals surface area (Å²) in [6, 6.07) is 0. The quantitative estimate of drug-likeness (QED) is 0.0669. The molecular weight excluding hydrogens is 444 g/mol. The lowest BCUT2D eigenvalue weighted by Gasteiger charge is -2.28. The summed E-state index contributed by atoms with van der Waals surface area (Å²) < 4.78 is 1.30. The molecule has 0 heterocycles. The number of aliphatic hydroxyl groups is 2. The van der Waals surface area contributed by atoms with Gasteiger partial charge in [-0.25, -0.2) is 0 Å². The van der Waals surface area contributed by atoms with Crippen molar-refractivity contribution >= 4 is 23.5 Å². The van der Waals surface area contributed by atoms with Gasteiger partial charge in [0.25, 0.3) is 17.4 Å². The second-order valence-electron chi connectivity index (χ2n) is 9.59. The zero-order valence-corrected chi connectivity index (χ0v) is 21.2. The highest BCUT2D eigenvalue weighted by Crippen LogP contribution is 2.23. The van der Waals surface area contributed by atoms with Crippen molar-refractivity contribution in [3.8, 4) is 0 Å². The maximum Gasteiger partial charge on any atom is 0.293 e. The molecule has 0 saturated heterocycles. The number of rotatable bonds is 14. The molecule has 14 heteroatoms. The maximum absolute atomic E-state index is 12.9. The molecule has 0 aliphatic carbocycles. The minimum atomic E-state index is -1.50. The molecule has 0 aromatic carbocycles. The molecule has 0 fully saturated rings. The van der Waals surface area contributed by atoms with Crippen LogP contribution in [0.1, 0.15) is 48.5 Å². The first-order valence-corrected chi connectivity index (χ1v) is 10.8. The Morgan fingerprint density at radius 3 is 1.71 bits per heavy atom. The number of hydrogen-bond acceptors (Lipinski definition) is 9. The first kappa shape index (κ1) is 31.0. The molecule has 34 heavy (non-hydrogen) atoms. The Labute approximate surface area is 200 Å². The molecule has 0 aromatic rings. The third kappa shape index (κ3) is 8.41. The average molecular weight is 486 g/mol. The highest BCUT2D eigenvalue weighted by Gasteiger charge is 2.48. The van der Waals surface area contributed by atoms with Crippen LogP contribution in [0, 0.1) is 10.8 Å². The van der Waals surface area contributed by atoms with Gasteiger partial charge >= 0.3 is 0 Å². The number of carbonyl (C=O) groups is 2. The van der Waals surface area contributed by atoms with Gasteiger partial charge in [0, 0.05) is 26.9 Å². The van der Waals surface area contributed by atoms with E-state index in [2.05, 4.69) is 26.0 Å². The molecule has 2 amide bonds. The summed E-state index contributed by atoms with van der Waals surface area (Å²) in [5, 5.41) is 51.8. The predicted molar refractivity (Wildman–Crippen MR) is 127 cm³/mol. The van der Waals surface area contributed by atoms with E-state index in [1.54, 1.807) is 27.7 Å². The number of carbonyl (C=O) groups excluding carboxylic acids is 2. The molecule has 14 nitrogen and oxygen atoms in total. The van der Waals surface area contributed by atoms with Crippen molar-refractivity contribution in [3.63, 3.8) is 0 Å². The molecular formula is C20H41N10O4+. The largest absolute Gasteiger partial charge is 0.395 e. The molecule has 1 unspecified atom stereocenters. The second kappa shape index (κ2) is 11.9. The van der Waals surface area contributed by atoms with E-state index in [9.17, 15) is 9.59 Å². The van der Waals surface area contributed by atoms with Crippen LogP contribution < -0.4 is 22.1 Å². The Morgan fingerprint density at radius 1 is 0.824 bits per heavy atom. The SMILES string of the molecule is CC(C)(N=NC(C)(C[N+](=NC(C)(C)C(=O)NCCO)C(C)(C)C(=O)NCCO)C(=N)N)C(=N)N. The van der Waals surface area contributed by atoms with E-state index < -0.39 is 34.0 Å². The highest BCUT2D eigenvalue weighted by molar-refractivity contribution is 5.88. The molecule has 0 aliphatic heterocycles. The molecule has 1 atom stereocenters. The van der Waals surface area contributed by atoms with Crippen LogP contribution in [0.2, 0.25) is 0 Å². The number of aliphatic hydroxyl groups excluding tert-OH is 2. The van der Waals surface area contributed by atoms with E-state index in [0.29, 0.717) is 0 Å². The smallest absolute Gasteiger partial charge is 0.293 e. The van der Waals surface area contributed by atoms with E-state index in [0.717, 1.165) is 0 Å². The van der Waals surface area contributed by atoms with Gasteiger partial charge in [0.05, 0.1) is 13.2 Å². The van der Waals surface area contributed by atoms with Crippen LogP contribution in [0.4, 0.5) is 0 Å². The predicted octanol–water partition coefficient (Wildman–Crippen LogP) is -0.913. The fraction of sp³-hybridized carbons (Fsp3) is 0.800. The van der Waals surface area contributed by atoms with Gasteiger partial charge in [-0.1, -0.05) is 0 Å². The molecule has 0 spiro atoms. The van der Waals surface area contributed by atoms with Crippen LogP contribution in [0.25, 0.3) is 0 Å². The standard InChI is InChI=1S/C20H40N10O4/c1-17(2,13(21)22)27-28-20(7,14(23)24)12-30(19(5,6)16(34)26-9-11-32)29-18(3,4)15(33)25-8-10-31/h31-32H,8-12H2,1-7H3,(H7-,21,22,23,24,25,26,33,34)/p+1. The maximum atomic E-state index is 12.9. The Morgan fingerprint density at radius 2 is 1.29 bits per heavy atom. The molecule has 0 bridgehead atoms. The van der Waals surface area contributed by atoms with E-state index in [-0.39, 0.29) is 44.5 Å². The summed E-state index contributed by atoms with van der Waals surface area (Å²) in [7, 11) is 0. The Bertz CT molecular complexity index is 835. The van der Waals surface area contributed by atoms with Crippen molar-refractivity contribution < 1.29 is 24.5 Å². The number of azo groups is 3. The average Bonchev–Trinajstić information content (AvgIpc) is 2.73. The van der Waals surface area contributed by atoms with Gasteiger partial charge in [0.1, 0.15) is 17.2 Å². The Balaban J connectivity index is 6.62. The number of hydrogen-bond donors (Lipinski definition) is 8. The fourth-order valence-electron chi connectivity index (χ4n) is 2.35. The molecule has 194 valence electrons. The number of nitrogens with zero attached hydrogens (tertiary/aromatic N) is 4. The summed E-state index contributed by atoms with van der Waals surface area (Å²) in [6.07, 6.45) is 0. The van der Waals surface area contributed by atoms with E-state index >= 15 is 0 Å². The van der Waals surface area contributed by atoms with Gasteiger partial charge < -0.3 is 32.3 Å². The lowest BCUT2D eigenvalue weighted by atomic mass is 9.97. The van der Waals surface area contributed by atoms with Crippen molar-refractivity contribution in [2.75, 3.05) is 32.8 Å². The minimum absolute atomic E-state index is 0.00691. The normalized spacial score (nSPS) is 15.0. The monoisotopic (exact) mass is 485 g/mol. The summed E-state index contributed by atoms with van der Waals surface area (Å²) in [6.45, 7) is 10.1. The van der Waals surface area contributed by atoms with Crippen LogP contribution >= 0.6 is 0 Å². The van der Waals surface area contributed by atoms with Crippen molar-refractivity contribution in [2.45, 2.75) is 70.6 Å². The van der Waals surface area contributed by atoms with E-state index in [4.69, 9.17) is 32.5 Å². The topological polar surface area (TPSA) is 238 Å². The van der Waals surface area contributed by atoms with E-state index in [1.165, 1.54) is 25.5 Å². The summed E-state index contributed by atoms with van der Waals surface area (Å²) in [5.74, 6) is -1.62. The zero-order valence-electron chi connectivity index (χ0n) is 21.2. The lowest BCUT2D eigenvalue weighted by Crippen LogP contribution is -2.57. The van der Waals surface area contributed by atoms with Crippen molar-refractivity contribution in [2.24, 2.45) is 26.8 Å². The van der Waals surface area contributed by atoms with E-state index in [1.807, 2.05) is 0 Å². The van der Waals surface area contributed by atoms with Crippen LogP contribution in [0.5, 0.6) is 0 Å². The molecule has 0 radical (unpaired) electrons. The summed E-state index contributed by atoms with van der Waals surface area (Å²) >= 11 is 0.